The molecule has 0 heterocycles. The van der Waals surface area contributed by atoms with Crippen molar-refractivity contribution in [3.8, 4) is 0 Å². The highest BCUT2D eigenvalue weighted by Gasteiger charge is 1.97. The molecular formula is C11H21NO2. The van der Waals surface area contributed by atoms with E-state index in [9.17, 15) is 0 Å². The van der Waals surface area contributed by atoms with Gasteiger partial charge in [-0.15, -0.1) is 0 Å². The van der Waals surface area contributed by atoms with E-state index in [1.54, 1.807) is 14.2 Å². The van der Waals surface area contributed by atoms with E-state index < -0.39 is 0 Å². The highest BCUT2D eigenvalue weighted by Crippen LogP contribution is 2.03. The molecule has 0 saturated carbocycles. The minimum Gasteiger partial charge on any atom is -0.497 e. The van der Waals surface area contributed by atoms with Gasteiger partial charge in [0.25, 0.3) is 0 Å². The number of allylic oxidation sites excluding steroid dienone is 2. The quantitative estimate of drug-likeness (QED) is 0.503. The predicted octanol–water partition coefficient (Wildman–Crippen LogP) is 2.07. The van der Waals surface area contributed by atoms with Gasteiger partial charge in [-0.2, -0.15) is 0 Å². The van der Waals surface area contributed by atoms with Crippen LogP contribution in [-0.4, -0.2) is 27.4 Å². The maximum absolute atomic E-state index is 5.20. The van der Waals surface area contributed by atoms with Crippen molar-refractivity contribution in [1.82, 2.24) is 5.32 Å². The van der Waals surface area contributed by atoms with Gasteiger partial charge in [-0.3, -0.25) is 0 Å². The predicted molar refractivity (Wildman–Crippen MR) is 59.0 cm³/mol. The summed E-state index contributed by atoms with van der Waals surface area (Å²) in [7, 11) is 3.36. The summed E-state index contributed by atoms with van der Waals surface area (Å²) >= 11 is 0. The van der Waals surface area contributed by atoms with Crippen molar-refractivity contribution in [2.75, 3.05) is 27.4 Å². The fourth-order valence-corrected chi connectivity index (χ4v) is 1.10. The van der Waals surface area contributed by atoms with E-state index in [1.165, 1.54) is 0 Å². The average molecular weight is 199 g/mol. The summed E-state index contributed by atoms with van der Waals surface area (Å²) in [6.45, 7) is 5.60. The van der Waals surface area contributed by atoms with E-state index in [4.69, 9.17) is 9.47 Å². The van der Waals surface area contributed by atoms with Gasteiger partial charge in [-0.05, 0) is 19.4 Å². The number of methoxy groups -OCH3 is 2. The van der Waals surface area contributed by atoms with Crippen LogP contribution < -0.4 is 5.32 Å². The fourth-order valence-electron chi connectivity index (χ4n) is 1.10. The molecular weight excluding hydrogens is 178 g/mol. The number of hydrogen-bond donors (Lipinski definition) is 1. The van der Waals surface area contributed by atoms with Crippen LogP contribution in [0.3, 0.4) is 0 Å². The first-order chi connectivity index (χ1) is 6.78. The van der Waals surface area contributed by atoms with Crippen molar-refractivity contribution in [2.45, 2.75) is 20.3 Å². The molecule has 0 fully saturated rings. The van der Waals surface area contributed by atoms with Gasteiger partial charge in [0.05, 0.1) is 13.7 Å². The number of ether oxygens (including phenoxy) is 2. The number of likely N-dealkylation sites (N-methyl/N-ethyl adjacent to an activating group) is 1. The molecule has 0 bridgehead atoms. The van der Waals surface area contributed by atoms with Crippen LogP contribution in [0.2, 0.25) is 0 Å². The first kappa shape index (κ1) is 13.0. The molecule has 0 atom stereocenters. The van der Waals surface area contributed by atoms with Crippen LogP contribution in [0.5, 0.6) is 0 Å². The molecule has 0 saturated heterocycles. The normalized spacial score (nSPS) is 12.9. The molecule has 3 nitrogen and oxygen atoms in total. The summed E-state index contributed by atoms with van der Waals surface area (Å²) in [6, 6.07) is 0. The zero-order valence-corrected chi connectivity index (χ0v) is 9.59. The minimum absolute atomic E-state index is 0.582. The topological polar surface area (TPSA) is 30.5 Å². The lowest BCUT2D eigenvalue weighted by molar-refractivity contribution is 0.219. The number of nitrogens with one attached hydrogen (secondary N) is 1. The van der Waals surface area contributed by atoms with E-state index in [1.807, 2.05) is 12.2 Å². The molecule has 0 radical (unpaired) electrons. The minimum atomic E-state index is 0.582. The molecule has 0 aliphatic carbocycles. The van der Waals surface area contributed by atoms with Crippen molar-refractivity contribution in [3.05, 3.63) is 23.6 Å². The molecule has 82 valence electrons. The summed E-state index contributed by atoms with van der Waals surface area (Å²) in [5.74, 6) is 0.875. The second-order valence-corrected chi connectivity index (χ2v) is 2.85. The van der Waals surface area contributed by atoms with Gasteiger partial charge in [-0.25, -0.2) is 0 Å². The number of hydrogen-bond acceptors (Lipinski definition) is 3. The zero-order chi connectivity index (χ0) is 10.8. The van der Waals surface area contributed by atoms with Gasteiger partial charge in [0.2, 0.25) is 0 Å². The van der Waals surface area contributed by atoms with Gasteiger partial charge in [-0.1, -0.05) is 6.92 Å². The molecule has 0 aromatic heterocycles. The van der Waals surface area contributed by atoms with Crippen LogP contribution in [0.25, 0.3) is 0 Å². The molecule has 0 rings (SSSR count). The van der Waals surface area contributed by atoms with Gasteiger partial charge >= 0.3 is 0 Å². The molecule has 0 aromatic rings. The maximum Gasteiger partial charge on any atom is 0.116 e. The Kier molecular flexibility index (Phi) is 8.04. The molecule has 0 aliphatic heterocycles. The third-order valence-corrected chi connectivity index (χ3v) is 1.66. The molecule has 3 heteroatoms. The van der Waals surface area contributed by atoms with Crippen molar-refractivity contribution >= 4 is 0 Å². The smallest absolute Gasteiger partial charge is 0.116 e. The van der Waals surface area contributed by atoms with Crippen LogP contribution in [0.1, 0.15) is 20.3 Å². The maximum atomic E-state index is 5.20. The Bertz CT molecular complexity index is 189. The number of rotatable bonds is 7. The van der Waals surface area contributed by atoms with E-state index in [0.29, 0.717) is 6.61 Å². The largest absolute Gasteiger partial charge is 0.497 e. The molecule has 0 aliphatic rings. The van der Waals surface area contributed by atoms with Crippen molar-refractivity contribution in [2.24, 2.45) is 0 Å². The summed E-state index contributed by atoms with van der Waals surface area (Å²) in [5.41, 5.74) is 1.04. The average Bonchev–Trinajstić information content (AvgIpc) is 2.18. The lowest BCUT2D eigenvalue weighted by atomic mass is 10.3. The van der Waals surface area contributed by atoms with Gasteiger partial charge in [0.15, 0.2) is 0 Å². The fraction of sp³-hybridized carbons (Fsp3) is 0.636. The molecule has 0 spiro atoms. The van der Waals surface area contributed by atoms with Crippen molar-refractivity contribution < 1.29 is 9.47 Å². The highest BCUT2D eigenvalue weighted by molar-refractivity contribution is 5.17. The van der Waals surface area contributed by atoms with E-state index in [0.717, 1.165) is 24.4 Å². The lowest BCUT2D eigenvalue weighted by Gasteiger charge is -2.09. The zero-order valence-electron chi connectivity index (χ0n) is 9.59. The van der Waals surface area contributed by atoms with Gasteiger partial charge in [0.1, 0.15) is 5.76 Å². The summed E-state index contributed by atoms with van der Waals surface area (Å²) in [4.78, 5) is 0. The summed E-state index contributed by atoms with van der Waals surface area (Å²) < 4.78 is 10.3. The Labute approximate surface area is 86.8 Å². The van der Waals surface area contributed by atoms with Gasteiger partial charge < -0.3 is 14.8 Å². The highest BCUT2D eigenvalue weighted by atomic mass is 16.5. The van der Waals surface area contributed by atoms with E-state index >= 15 is 0 Å². The van der Waals surface area contributed by atoms with Crippen LogP contribution in [-0.2, 0) is 9.47 Å². The first-order valence-electron chi connectivity index (χ1n) is 4.95. The van der Waals surface area contributed by atoms with Crippen LogP contribution in [0.15, 0.2) is 23.6 Å². The second-order valence-electron chi connectivity index (χ2n) is 2.85. The van der Waals surface area contributed by atoms with Crippen molar-refractivity contribution in [3.63, 3.8) is 0 Å². The second kappa shape index (κ2) is 8.63. The Morgan fingerprint density at radius 2 is 2.00 bits per heavy atom. The van der Waals surface area contributed by atoms with Crippen molar-refractivity contribution in [1.29, 1.82) is 0 Å². The Balaban J connectivity index is 4.42. The third kappa shape index (κ3) is 5.65. The SMILES string of the molecule is CC/C=C(\C=C(/COC)NCC)OC. The standard InChI is InChI=1S/C11H21NO2/c1-5-7-11(14-4)8-10(9-13-3)12-6-2/h7-8,12H,5-6,9H2,1-4H3/b10-8+,11-7+. The molecule has 0 amide bonds. The monoisotopic (exact) mass is 199 g/mol. The van der Waals surface area contributed by atoms with E-state index in [-0.39, 0.29) is 0 Å². The van der Waals surface area contributed by atoms with E-state index in [2.05, 4.69) is 19.2 Å². The molecule has 1 N–H and O–H groups in total. The Morgan fingerprint density at radius 3 is 2.43 bits per heavy atom. The molecule has 14 heavy (non-hydrogen) atoms. The lowest BCUT2D eigenvalue weighted by Crippen LogP contribution is -2.16. The summed E-state index contributed by atoms with van der Waals surface area (Å²) in [5, 5.41) is 3.22. The van der Waals surface area contributed by atoms with Gasteiger partial charge in [0, 0.05) is 25.4 Å². The Hall–Kier alpha value is -0.960. The Morgan fingerprint density at radius 1 is 1.29 bits per heavy atom. The van der Waals surface area contributed by atoms with Crippen LogP contribution in [0.4, 0.5) is 0 Å². The third-order valence-electron chi connectivity index (χ3n) is 1.66. The van der Waals surface area contributed by atoms with Crippen LogP contribution >= 0.6 is 0 Å². The molecule has 0 unspecified atom stereocenters. The first-order valence-corrected chi connectivity index (χ1v) is 4.95. The molecule has 0 aromatic carbocycles. The summed E-state index contributed by atoms with van der Waals surface area (Å²) in [6.07, 6.45) is 4.97. The van der Waals surface area contributed by atoms with Crippen LogP contribution in [0, 0.1) is 0 Å².